The van der Waals surface area contributed by atoms with Crippen molar-refractivity contribution < 1.29 is 8.42 Å². The lowest BCUT2D eigenvalue weighted by atomic mass is 10.1. The Morgan fingerprint density at radius 1 is 0.952 bits per heavy atom. The zero-order chi connectivity index (χ0) is 15.6. The molecule has 0 aliphatic carbocycles. The molecule has 0 heterocycles. The molecule has 2 aromatic carbocycles. The highest BCUT2D eigenvalue weighted by molar-refractivity contribution is 7.90. The molecule has 0 aliphatic rings. The fraction of sp³-hybridized carbons (Fsp3) is 0.235. The van der Waals surface area contributed by atoms with Gasteiger partial charge in [-0.1, -0.05) is 12.1 Å². The van der Waals surface area contributed by atoms with Crippen molar-refractivity contribution in [3.63, 3.8) is 0 Å². The van der Waals surface area contributed by atoms with Gasteiger partial charge in [-0.15, -0.1) is 0 Å². The van der Waals surface area contributed by atoms with E-state index in [1.165, 1.54) is 0 Å². The van der Waals surface area contributed by atoms with Gasteiger partial charge in [-0.05, 0) is 67.3 Å². The van der Waals surface area contributed by atoms with Crippen LogP contribution in [0.25, 0.3) is 0 Å². The second-order valence-corrected chi connectivity index (χ2v) is 7.25. The van der Waals surface area contributed by atoms with Crippen molar-refractivity contribution in [2.75, 3.05) is 0 Å². The zero-order valence-corrected chi connectivity index (χ0v) is 13.2. The number of sulfone groups is 1. The van der Waals surface area contributed by atoms with Crippen molar-refractivity contribution in [1.29, 1.82) is 5.26 Å². The van der Waals surface area contributed by atoms with Crippen LogP contribution < -0.4 is 0 Å². The summed E-state index contributed by atoms with van der Waals surface area (Å²) < 4.78 is 25.0. The Bertz CT molecular complexity index is 830. The van der Waals surface area contributed by atoms with E-state index in [-0.39, 0.29) is 5.75 Å². The minimum absolute atomic E-state index is 0.0486. The molecule has 4 heteroatoms. The summed E-state index contributed by atoms with van der Waals surface area (Å²) in [4.78, 5) is 0.342. The van der Waals surface area contributed by atoms with Gasteiger partial charge >= 0.3 is 0 Å². The average Bonchev–Trinajstić information content (AvgIpc) is 2.43. The fourth-order valence-corrected chi connectivity index (χ4v) is 3.65. The molecule has 0 radical (unpaired) electrons. The van der Waals surface area contributed by atoms with E-state index in [2.05, 4.69) is 6.07 Å². The first-order valence-electron chi connectivity index (χ1n) is 6.63. The van der Waals surface area contributed by atoms with Crippen molar-refractivity contribution in [2.45, 2.75) is 31.4 Å². The van der Waals surface area contributed by atoms with E-state index in [4.69, 9.17) is 5.26 Å². The maximum Gasteiger partial charge on any atom is 0.182 e. The molecule has 21 heavy (non-hydrogen) atoms. The Balaban J connectivity index is 2.37. The van der Waals surface area contributed by atoms with E-state index < -0.39 is 9.84 Å². The monoisotopic (exact) mass is 299 g/mol. The third-order valence-electron chi connectivity index (χ3n) is 3.65. The molecule has 0 saturated heterocycles. The first-order valence-corrected chi connectivity index (χ1v) is 8.28. The molecule has 0 N–H and O–H groups in total. The van der Waals surface area contributed by atoms with E-state index in [0.29, 0.717) is 10.5 Å². The molecular weight excluding hydrogens is 282 g/mol. The molecule has 0 bridgehead atoms. The lowest BCUT2D eigenvalue weighted by Gasteiger charge is -2.09. The van der Waals surface area contributed by atoms with Gasteiger partial charge in [-0.25, -0.2) is 8.42 Å². The van der Waals surface area contributed by atoms with Gasteiger partial charge in [0, 0.05) is 0 Å². The molecule has 108 valence electrons. The largest absolute Gasteiger partial charge is 0.223 e. The van der Waals surface area contributed by atoms with Crippen LogP contribution in [0.5, 0.6) is 0 Å². The molecule has 0 aliphatic heterocycles. The highest BCUT2D eigenvalue weighted by atomic mass is 32.2. The minimum atomic E-state index is -3.38. The van der Waals surface area contributed by atoms with Gasteiger partial charge in [0.15, 0.2) is 9.84 Å². The van der Waals surface area contributed by atoms with Gasteiger partial charge in [0.2, 0.25) is 0 Å². The molecule has 0 spiro atoms. The highest BCUT2D eigenvalue weighted by Crippen LogP contribution is 2.21. The van der Waals surface area contributed by atoms with Gasteiger partial charge in [0.05, 0.1) is 22.3 Å². The predicted octanol–water partition coefficient (Wildman–Crippen LogP) is 3.46. The number of nitrogens with zero attached hydrogens (tertiary/aromatic N) is 1. The Morgan fingerprint density at radius 2 is 1.67 bits per heavy atom. The van der Waals surface area contributed by atoms with Gasteiger partial charge in [0.25, 0.3) is 0 Å². The van der Waals surface area contributed by atoms with Crippen molar-refractivity contribution >= 4 is 9.84 Å². The standard InChI is InChI=1S/C17H17NO2S/c1-12-4-7-17(9-13(12)2)21(19,20)11-16-6-5-15(10-18)8-14(16)3/h4-9H,11H2,1-3H3. The topological polar surface area (TPSA) is 57.9 Å². The first-order chi connectivity index (χ1) is 9.83. The quantitative estimate of drug-likeness (QED) is 0.872. The smallest absolute Gasteiger partial charge is 0.182 e. The number of hydrogen-bond donors (Lipinski definition) is 0. The second kappa shape index (κ2) is 5.71. The summed E-state index contributed by atoms with van der Waals surface area (Å²) in [5.41, 5.74) is 4.13. The third kappa shape index (κ3) is 3.32. The average molecular weight is 299 g/mol. The zero-order valence-electron chi connectivity index (χ0n) is 12.3. The molecule has 0 amide bonds. The summed E-state index contributed by atoms with van der Waals surface area (Å²) >= 11 is 0. The van der Waals surface area contributed by atoms with Crippen molar-refractivity contribution in [2.24, 2.45) is 0 Å². The van der Waals surface area contributed by atoms with Crippen LogP contribution in [0.15, 0.2) is 41.3 Å². The molecule has 2 rings (SSSR count). The Morgan fingerprint density at radius 3 is 2.24 bits per heavy atom. The fourth-order valence-electron chi connectivity index (χ4n) is 2.12. The number of hydrogen-bond acceptors (Lipinski definition) is 3. The number of rotatable bonds is 3. The van der Waals surface area contributed by atoms with Crippen molar-refractivity contribution in [3.8, 4) is 6.07 Å². The lowest BCUT2D eigenvalue weighted by Crippen LogP contribution is -2.07. The molecule has 0 fully saturated rings. The minimum Gasteiger partial charge on any atom is -0.223 e. The van der Waals surface area contributed by atoms with Crippen LogP contribution in [-0.2, 0) is 15.6 Å². The highest BCUT2D eigenvalue weighted by Gasteiger charge is 2.17. The van der Waals surface area contributed by atoms with Gasteiger partial charge in [0.1, 0.15) is 0 Å². The summed E-state index contributed by atoms with van der Waals surface area (Å²) in [5.74, 6) is -0.0486. The van der Waals surface area contributed by atoms with E-state index >= 15 is 0 Å². The molecule has 0 atom stereocenters. The third-order valence-corrected chi connectivity index (χ3v) is 5.32. The van der Waals surface area contributed by atoms with Gasteiger partial charge < -0.3 is 0 Å². The summed E-state index contributed by atoms with van der Waals surface area (Å²) in [6.45, 7) is 5.68. The van der Waals surface area contributed by atoms with Crippen LogP contribution in [0.4, 0.5) is 0 Å². The van der Waals surface area contributed by atoms with E-state index in [1.54, 1.807) is 30.3 Å². The molecule has 0 aromatic heterocycles. The summed E-state index contributed by atoms with van der Waals surface area (Å²) in [7, 11) is -3.38. The maximum absolute atomic E-state index is 12.5. The molecule has 0 unspecified atom stereocenters. The van der Waals surface area contributed by atoms with E-state index in [1.807, 2.05) is 26.8 Å². The molecular formula is C17H17NO2S. The van der Waals surface area contributed by atoms with E-state index in [9.17, 15) is 8.42 Å². The normalized spacial score (nSPS) is 11.1. The van der Waals surface area contributed by atoms with Crippen LogP contribution in [0, 0.1) is 32.1 Å². The Hall–Kier alpha value is -2.12. The van der Waals surface area contributed by atoms with E-state index in [0.717, 1.165) is 22.3 Å². The van der Waals surface area contributed by atoms with Crippen LogP contribution in [0.3, 0.4) is 0 Å². The van der Waals surface area contributed by atoms with Crippen LogP contribution >= 0.6 is 0 Å². The molecule has 0 saturated carbocycles. The number of benzene rings is 2. The first kappa shape index (κ1) is 15.3. The van der Waals surface area contributed by atoms with Crippen LogP contribution in [-0.4, -0.2) is 8.42 Å². The lowest BCUT2D eigenvalue weighted by molar-refractivity contribution is 0.595. The number of aryl methyl sites for hydroxylation is 3. The summed E-state index contributed by atoms with van der Waals surface area (Å²) in [6.07, 6.45) is 0. The Kier molecular flexibility index (Phi) is 4.15. The molecule has 3 nitrogen and oxygen atoms in total. The summed E-state index contributed by atoms with van der Waals surface area (Å²) in [6, 6.07) is 12.3. The Labute approximate surface area is 125 Å². The maximum atomic E-state index is 12.5. The second-order valence-electron chi connectivity index (χ2n) is 5.26. The van der Waals surface area contributed by atoms with Crippen molar-refractivity contribution in [1.82, 2.24) is 0 Å². The van der Waals surface area contributed by atoms with Crippen LogP contribution in [0.2, 0.25) is 0 Å². The summed E-state index contributed by atoms with van der Waals surface area (Å²) in [5, 5.41) is 8.85. The van der Waals surface area contributed by atoms with Crippen LogP contribution in [0.1, 0.15) is 27.8 Å². The SMILES string of the molecule is Cc1ccc(S(=O)(=O)Cc2ccc(C#N)cc2C)cc1C. The van der Waals surface area contributed by atoms with Gasteiger partial charge in [-0.3, -0.25) is 0 Å². The molecule has 2 aromatic rings. The van der Waals surface area contributed by atoms with Crippen molar-refractivity contribution in [3.05, 3.63) is 64.2 Å². The predicted molar refractivity (Wildman–Crippen MR) is 82.7 cm³/mol. The number of nitriles is 1. The van der Waals surface area contributed by atoms with Gasteiger partial charge in [-0.2, -0.15) is 5.26 Å².